The number of nitrogens with one attached hydrogen (secondary N) is 1. The van der Waals surface area contributed by atoms with Crippen molar-refractivity contribution in [3.8, 4) is 0 Å². The van der Waals surface area contributed by atoms with Gasteiger partial charge in [0.15, 0.2) is 0 Å². The SMILES string of the molecule is CC(CN)CNS(=O)(=O)CC1CCCCC1.Cl. The van der Waals surface area contributed by atoms with Gasteiger partial charge in [-0.25, -0.2) is 13.1 Å². The van der Waals surface area contributed by atoms with E-state index < -0.39 is 10.0 Å². The topological polar surface area (TPSA) is 72.2 Å². The number of hydrogen-bond acceptors (Lipinski definition) is 3. The van der Waals surface area contributed by atoms with Gasteiger partial charge in [-0.3, -0.25) is 0 Å². The molecule has 4 nitrogen and oxygen atoms in total. The number of sulfonamides is 1. The highest BCUT2D eigenvalue weighted by Crippen LogP contribution is 2.24. The van der Waals surface area contributed by atoms with Gasteiger partial charge in [0.05, 0.1) is 5.75 Å². The molecule has 0 heterocycles. The highest BCUT2D eigenvalue weighted by molar-refractivity contribution is 7.89. The minimum Gasteiger partial charge on any atom is -0.330 e. The third-order valence-corrected chi connectivity index (χ3v) is 4.75. The van der Waals surface area contributed by atoms with Crippen molar-refractivity contribution in [3.63, 3.8) is 0 Å². The zero-order chi connectivity index (χ0) is 12.0. The molecule has 1 saturated carbocycles. The van der Waals surface area contributed by atoms with Crippen LogP contribution in [0.1, 0.15) is 39.0 Å². The van der Waals surface area contributed by atoms with Gasteiger partial charge >= 0.3 is 0 Å². The largest absolute Gasteiger partial charge is 0.330 e. The van der Waals surface area contributed by atoms with Gasteiger partial charge in [0.25, 0.3) is 0 Å². The molecule has 1 unspecified atom stereocenters. The Hall–Kier alpha value is 0.160. The maximum atomic E-state index is 11.8. The third-order valence-electron chi connectivity index (χ3n) is 3.23. The van der Waals surface area contributed by atoms with Gasteiger partial charge in [0.2, 0.25) is 10.0 Å². The Morgan fingerprint density at radius 1 is 1.29 bits per heavy atom. The van der Waals surface area contributed by atoms with Crippen LogP contribution in [0.25, 0.3) is 0 Å². The average molecular weight is 285 g/mol. The molecule has 0 aromatic rings. The van der Waals surface area contributed by atoms with E-state index in [0.717, 1.165) is 12.8 Å². The maximum Gasteiger partial charge on any atom is 0.211 e. The molecule has 104 valence electrons. The summed E-state index contributed by atoms with van der Waals surface area (Å²) < 4.78 is 26.2. The molecule has 0 aromatic carbocycles. The second-order valence-corrected chi connectivity index (χ2v) is 6.83. The summed E-state index contributed by atoms with van der Waals surface area (Å²) in [6, 6.07) is 0. The van der Waals surface area contributed by atoms with E-state index in [0.29, 0.717) is 24.8 Å². The molecule has 1 aliphatic carbocycles. The Labute approximate surface area is 111 Å². The van der Waals surface area contributed by atoms with Crippen molar-refractivity contribution in [1.29, 1.82) is 0 Å². The van der Waals surface area contributed by atoms with Crippen LogP contribution < -0.4 is 10.5 Å². The van der Waals surface area contributed by atoms with Gasteiger partial charge in [-0.1, -0.05) is 26.2 Å². The van der Waals surface area contributed by atoms with Crippen LogP contribution in [-0.4, -0.2) is 27.3 Å². The Kier molecular flexibility index (Phi) is 8.37. The molecule has 17 heavy (non-hydrogen) atoms. The first kappa shape index (κ1) is 17.2. The molecular formula is C11H25ClN2O2S. The number of hydrogen-bond donors (Lipinski definition) is 2. The fraction of sp³-hybridized carbons (Fsp3) is 1.00. The van der Waals surface area contributed by atoms with E-state index in [2.05, 4.69) is 4.72 Å². The lowest BCUT2D eigenvalue weighted by molar-refractivity contribution is 0.383. The molecule has 0 spiro atoms. The van der Waals surface area contributed by atoms with Crippen molar-refractivity contribution >= 4 is 22.4 Å². The lowest BCUT2D eigenvalue weighted by atomic mass is 9.91. The van der Waals surface area contributed by atoms with Gasteiger partial charge < -0.3 is 5.73 Å². The summed E-state index contributed by atoms with van der Waals surface area (Å²) >= 11 is 0. The smallest absolute Gasteiger partial charge is 0.211 e. The molecule has 0 radical (unpaired) electrons. The number of nitrogens with two attached hydrogens (primary N) is 1. The first-order valence-electron chi connectivity index (χ1n) is 6.21. The van der Waals surface area contributed by atoms with Crippen molar-refractivity contribution in [2.75, 3.05) is 18.8 Å². The van der Waals surface area contributed by atoms with Crippen LogP contribution in [0.15, 0.2) is 0 Å². The number of rotatable bonds is 6. The normalized spacial score (nSPS) is 19.6. The number of halogens is 1. The van der Waals surface area contributed by atoms with Gasteiger partial charge in [0, 0.05) is 6.54 Å². The van der Waals surface area contributed by atoms with Crippen molar-refractivity contribution in [1.82, 2.24) is 4.72 Å². The van der Waals surface area contributed by atoms with Crippen LogP contribution in [0.5, 0.6) is 0 Å². The Bertz CT molecular complexity index is 290. The van der Waals surface area contributed by atoms with Crippen LogP contribution in [0.3, 0.4) is 0 Å². The van der Waals surface area contributed by atoms with Gasteiger partial charge in [-0.2, -0.15) is 0 Å². The lowest BCUT2D eigenvalue weighted by Gasteiger charge is -2.21. The van der Waals surface area contributed by atoms with E-state index in [1.807, 2.05) is 6.92 Å². The molecular weight excluding hydrogens is 260 g/mol. The molecule has 1 atom stereocenters. The molecule has 1 rings (SSSR count). The summed E-state index contributed by atoms with van der Waals surface area (Å²) in [6.07, 6.45) is 5.74. The van der Waals surface area contributed by atoms with Crippen molar-refractivity contribution in [3.05, 3.63) is 0 Å². The Morgan fingerprint density at radius 2 is 1.88 bits per heavy atom. The molecule has 1 fully saturated rings. The Morgan fingerprint density at radius 3 is 2.41 bits per heavy atom. The molecule has 1 aliphatic rings. The fourth-order valence-electron chi connectivity index (χ4n) is 2.08. The summed E-state index contributed by atoms with van der Waals surface area (Å²) in [5, 5.41) is 0. The van der Waals surface area contributed by atoms with Crippen LogP contribution >= 0.6 is 12.4 Å². The monoisotopic (exact) mass is 284 g/mol. The first-order valence-corrected chi connectivity index (χ1v) is 7.86. The fourth-order valence-corrected chi connectivity index (χ4v) is 3.69. The molecule has 0 saturated heterocycles. The molecule has 0 amide bonds. The van der Waals surface area contributed by atoms with Gasteiger partial charge in [-0.15, -0.1) is 12.4 Å². The van der Waals surface area contributed by atoms with E-state index >= 15 is 0 Å². The van der Waals surface area contributed by atoms with Crippen molar-refractivity contribution in [2.24, 2.45) is 17.6 Å². The van der Waals surface area contributed by atoms with Crippen molar-refractivity contribution in [2.45, 2.75) is 39.0 Å². The Balaban J connectivity index is 0.00000256. The van der Waals surface area contributed by atoms with Crippen molar-refractivity contribution < 1.29 is 8.42 Å². The zero-order valence-electron chi connectivity index (χ0n) is 10.5. The summed E-state index contributed by atoms with van der Waals surface area (Å²) in [7, 11) is -3.09. The molecule has 0 aliphatic heterocycles. The second-order valence-electron chi connectivity index (χ2n) is 4.97. The van der Waals surface area contributed by atoms with E-state index in [1.54, 1.807) is 0 Å². The highest BCUT2D eigenvalue weighted by atomic mass is 35.5. The summed E-state index contributed by atoms with van der Waals surface area (Å²) in [6.45, 7) is 2.93. The van der Waals surface area contributed by atoms with Crippen LogP contribution in [0.2, 0.25) is 0 Å². The van der Waals surface area contributed by atoms with Crippen LogP contribution in [0, 0.1) is 11.8 Å². The summed E-state index contributed by atoms with van der Waals surface area (Å²) in [4.78, 5) is 0. The van der Waals surface area contributed by atoms with E-state index in [1.165, 1.54) is 19.3 Å². The first-order chi connectivity index (χ1) is 7.53. The average Bonchev–Trinajstić information content (AvgIpc) is 2.27. The molecule has 0 bridgehead atoms. The van der Waals surface area contributed by atoms with E-state index in [9.17, 15) is 8.42 Å². The van der Waals surface area contributed by atoms with Gasteiger partial charge in [-0.05, 0) is 31.2 Å². The summed E-state index contributed by atoms with van der Waals surface area (Å²) in [5.74, 6) is 0.866. The zero-order valence-corrected chi connectivity index (χ0v) is 12.2. The predicted molar refractivity (Wildman–Crippen MR) is 73.8 cm³/mol. The van der Waals surface area contributed by atoms with E-state index in [-0.39, 0.29) is 18.3 Å². The molecule has 3 N–H and O–H groups in total. The highest BCUT2D eigenvalue weighted by Gasteiger charge is 2.21. The third kappa shape index (κ3) is 7.24. The van der Waals surface area contributed by atoms with Crippen LogP contribution in [-0.2, 0) is 10.0 Å². The standard InChI is InChI=1S/C11H24N2O2S.ClH/c1-10(7-12)8-13-16(14,15)9-11-5-3-2-4-6-11;/h10-11,13H,2-9,12H2,1H3;1H. The minimum atomic E-state index is -3.09. The summed E-state index contributed by atoms with van der Waals surface area (Å²) in [5.41, 5.74) is 5.45. The second kappa shape index (κ2) is 8.29. The van der Waals surface area contributed by atoms with E-state index in [4.69, 9.17) is 5.73 Å². The lowest BCUT2D eigenvalue weighted by Crippen LogP contribution is -2.35. The maximum absolute atomic E-state index is 11.8. The molecule has 6 heteroatoms. The van der Waals surface area contributed by atoms with Gasteiger partial charge in [0.1, 0.15) is 0 Å². The minimum absolute atomic E-state index is 0. The molecule has 0 aromatic heterocycles. The quantitative estimate of drug-likeness (QED) is 0.776. The predicted octanol–water partition coefficient (Wildman–Crippen LogP) is 1.50. The van der Waals surface area contributed by atoms with Crippen LogP contribution in [0.4, 0.5) is 0 Å².